The smallest absolute Gasteiger partial charge is 0.312 e. The van der Waals surface area contributed by atoms with E-state index in [4.69, 9.17) is 14.2 Å². The molecule has 1 heterocycles. The molecule has 0 radical (unpaired) electrons. The predicted molar refractivity (Wildman–Crippen MR) is 121 cm³/mol. The third-order valence-corrected chi connectivity index (χ3v) is 6.23. The number of benzene rings is 2. The van der Waals surface area contributed by atoms with Crippen LogP contribution in [0.3, 0.4) is 0 Å². The van der Waals surface area contributed by atoms with E-state index in [-0.39, 0.29) is 49.6 Å². The number of esters is 2. The first-order valence-corrected chi connectivity index (χ1v) is 10.9. The highest BCUT2D eigenvalue weighted by molar-refractivity contribution is 6.12. The van der Waals surface area contributed by atoms with Crippen molar-refractivity contribution in [2.75, 3.05) is 0 Å². The Morgan fingerprint density at radius 3 is 2.03 bits per heavy atom. The van der Waals surface area contributed by atoms with Gasteiger partial charge in [-0.3, -0.25) is 9.59 Å². The van der Waals surface area contributed by atoms with Crippen LogP contribution in [0.5, 0.6) is 0 Å². The predicted octanol–water partition coefficient (Wildman–Crippen LogP) is 3.71. The van der Waals surface area contributed by atoms with Gasteiger partial charge < -0.3 is 14.2 Å². The SMILES string of the molecule is B[C@H](C)C1O[C@@H](C)[C@@](C)(CC(=O)OCc2ccccc2)C1C(=O)OCc1ccccc1. The summed E-state index contributed by atoms with van der Waals surface area (Å²) in [6.07, 6.45) is -0.501. The Balaban J connectivity index is 1.71. The molecule has 5 nitrogen and oxygen atoms in total. The molecule has 0 amide bonds. The average Bonchev–Trinajstić information content (AvgIpc) is 3.02. The van der Waals surface area contributed by atoms with Crippen molar-refractivity contribution in [3.8, 4) is 0 Å². The maximum atomic E-state index is 13.2. The van der Waals surface area contributed by atoms with Crippen LogP contribution < -0.4 is 0 Å². The molecule has 0 aliphatic carbocycles. The number of hydrogen-bond donors (Lipinski definition) is 0. The maximum Gasteiger partial charge on any atom is 0.312 e. The molecule has 5 atom stereocenters. The van der Waals surface area contributed by atoms with Gasteiger partial charge in [-0.25, -0.2) is 0 Å². The van der Waals surface area contributed by atoms with Crippen LogP contribution >= 0.6 is 0 Å². The molecule has 2 aromatic rings. The van der Waals surface area contributed by atoms with Gasteiger partial charge in [-0.1, -0.05) is 74.5 Å². The Kier molecular flexibility index (Phi) is 7.55. The molecule has 1 saturated heterocycles. The largest absolute Gasteiger partial charge is 0.461 e. The quantitative estimate of drug-likeness (QED) is 0.480. The molecule has 0 N–H and O–H groups in total. The van der Waals surface area contributed by atoms with E-state index in [2.05, 4.69) is 0 Å². The molecular formula is C25H31BO5. The molecule has 2 aromatic carbocycles. The summed E-state index contributed by atoms with van der Waals surface area (Å²) in [6, 6.07) is 19.1. The number of hydrogen-bond acceptors (Lipinski definition) is 5. The van der Waals surface area contributed by atoms with E-state index < -0.39 is 11.3 Å². The van der Waals surface area contributed by atoms with E-state index in [0.717, 1.165) is 11.1 Å². The van der Waals surface area contributed by atoms with E-state index in [1.54, 1.807) is 0 Å². The first-order valence-electron chi connectivity index (χ1n) is 10.9. The molecule has 1 aliphatic rings. The van der Waals surface area contributed by atoms with Crippen LogP contribution in [0.15, 0.2) is 60.7 Å². The Morgan fingerprint density at radius 1 is 1.00 bits per heavy atom. The number of ether oxygens (including phenoxy) is 3. The van der Waals surface area contributed by atoms with Crippen molar-refractivity contribution in [2.45, 2.75) is 58.4 Å². The Hall–Kier alpha value is -2.60. The van der Waals surface area contributed by atoms with E-state index in [9.17, 15) is 9.59 Å². The first-order chi connectivity index (χ1) is 14.8. The Labute approximate surface area is 185 Å². The van der Waals surface area contributed by atoms with Crippen LogP contribution in [0.25, 0.3) is 0 Å². The van der Waals surface area contributed by atoms with Crippen molar-refractivity contribution >= 4 is 19.8 Å². The zero-order valence-electron chi connectivity index (χ0n) is 18.7. The molecule has 1 aliphatic heterocycles. The van der Waals surface area contributed by atoms with Gasteiger partial charge >= 0.3 is 11.9 Å². The maximum absolute atomic E-state index is 13.2. The van der Waals surface area contributed by atoms with Gasteiger partial charge in [0.2, 0.25) is 0 Å². The fourth-order valence-corrected chi connectivity index (χ4v) is 4.22. The van der Waals surface area contributed by atoms with Gasteiger partial charge in [0.1, 0.15) is 21.1 Å². The van der Waals surface area contributed by atoms with E-state index in [0.29, 0.717) is 0 Å². The summed E-state index contributed by atoms with van der Waals surface area (Å²) in [4.78, 5) is 25.9. The van der Waals surface area contributed by atoms with Gasteiger partial charge in [0, 0.05) is 5.41 Å². The molecular weight excluding hydrogens is 391 g/mol. The van der Waals surface area contributed by atoms with Crippen molar-refractivity contribution in [1.29, 1.82) is 0 Å². The first kappa shape index (κ1) is 23.1. The molecule has 164 valence electrons. The van der Waals surface area contributed by atoms with Crippen LogP contribution in [0.4, 0.5) is 0 Å². The molecule has 0 spiro atoms. The summed E-state index contributed by atoms with van der Waals surface area (Å²) < 4.78 is 17.4. The minimum atomic E-state index is -0.712. The number of carbonyl (C=O) groups is 2. The third kappa shape index (κ3) is 5.56. The summed E-state index contributed by atoms with van der Waals surface area (Å²) in [5.41, 5.74) is 1.14. The monoisotopic (exact) mass is 422 g/mol. The van der Waals surface area contributed by atoms with Crippen molar-refractivity contribution in [1.82, 2.24) is 0 Å². The van der Waals surface area contributed by atoms with Gasteiger partial charge in [0.25, 0.3) is 0 Å². The van der Waals surface area contributed by atoms with Crippen LogP contribution in [-0.2, 0) is 37.0 Å². The van der Waals surface area contributed by atoms with Crippen LogP contribution in [0.2, 0.25) is 5.82 Å². The van der Waals surface area contributed by atoms with Crippen LogP contribution in [-0.4, -0.2) is 32.0 Å². The Morgan fingerprint density at radius 2 is 1.52 bits per heavy atom. The van der Waals surface area contributed by atoms with Crippen molar-refractivity contribution in [2.24, 2.45) is 11.3 Å². The second-order valence-electron chi connectivity index (χ2n) is 8.89. The van der Waals surface area contributed by atoms with E-state index >= 15 is 0 Å². The third-order valence-electron chi connectivity index (χ3n) is 6.23. The molecule has 3 rings (SSSR count). The summed E-state index contributed by atoms with van der Waals surface area (Å²) >= 11 is 0. The van der Waals surface area contributed by atoms with Crippen LogP contribution in [0.1, 0.15) is 38.3 Å². The molecule has 6 heteroatoms. The molecule has 0 bridgehead atoms. The summed E-state index contributed by atoms with van der Waals surface area (Å²) in [5.74, 6) is -1.10. The summed E-state index contributed by atoms with van der Waals surface area (Å²) in [5, 5.41) is 0. The van der Waals surface area contributed by atoms with Gasteiger partial charge in [-0.2, -0.15) is 0 Å². The zero-order chi connectivity index (χ0) is 22.4. The highest BCUT2D eigenvalue weighted by Crippen LogP contribution is 2.49. The minimum Gasteiger partial charge on any atom is -0.461 e. The molecule has 0 saturated carbocycles. The number of carbonyl (C=O) groups excluding carboxylic acids is 2. The van der Waals surface area contributed by atoms with Gasteiger partial charge in [-0.15, -0.1) is 0 Å². The molecule has 31 heavy (non-hydrogen) atoms. The lowest BCUT2D eigenvalue weighted by atomic mass is 9.66. The normalized spacial score (nSPS) is 26.2. The van der Waals surface area contributed by atoms with Gasteiger partial charge in [-0.05, 0) is 23.9 Å². The lowest BCUT2D eigenvalue weighted by molar-refractivity contribution is -0.157. The molecule has 1 fully saturated rings. The summed E-state index contributed by atoms with van der Waals surface area (Å²) in [6.45, 7) is 6.28. The van der Waals surface area contributed by atoms with Crippen LogP contribution in [0, 0.1) is 11.3 Å². The topological polar surface area (TPSA) is 61.8 Å². The highest BCUT2D eigenvalue weighted by Gasteiger charge is 2.57. The minimum absolute atomic E-state index is 0.0926. The van der Waals surface area contributed by atoms with Crippen molar-refractivity contribution in [3.63, 3.8) is 0 Å². The fourth-order valence-electron chi connectivity index (χ4n) is 4.22. The van der Waals surface area contributed by atoms with Crippen molar-refractivity contribution in [3.05, 3.63) is 71.8 Å². The lowest BCUT2D eigenvalue weighted by Gasteiger charge is -2.32. The van der Waals surface area contributed by atoms with E-state index in [1.165, 1.54) is 0 Å². The van der Waals surface area contributed by atoms with Crippen molar-refractivity contribution < 1.29 is 23.8 Å². The zero-order valence-corrected chi connectivity index (χ0v) is 18.7. The van der Waals surface area contributed by atoms with Gasteiger partial charge in [0.05, 0.1) is 24.5 Å². The highest BCUT2D eigenvalue weighted by atomic mass is 16.5. The number of rotatable bonds is 8. The Bertz CT molecular complexity index is 870. The second-order valence-corrected chi connectivity index (χ2v) is 8.89. The fraction of sp³-hybridized carbons (Fsp3) is 0.440. The van der Waals surface area contributed by atoms with Gasteiger partial charge in [0.15, 0.2) is 0 Å². The standard InChI is InChI=1S/C25H31BO5/c1-17(26)23-22(24(28)30-16-20-12-8-5-9-13-20)25(3,18(2)31-23)14-21(27)29-15-19-10-6-4-7-11-19/h4-13,17-18,22-23H,14-16,26H2,1-3H3/t17-,18+,22?,23?,25-/m1/s1. The summed E-state index contributed by atoms with van der Waals surface area (Å²) in [7, 11) is 2.02. The average molecular weight is 422 g/mol. The van der Waals surface area contributed by atoms with E-state index in [1.807, 2.05) is 89.3 Å². The second kappa shape index (κ2) is 10.1. The molecule has 0 aromatic heterocycles. The lowest BCUT2D eigenvalue weighted by Crippen LogP contribution is -2.42. The molecule has 2 unspecified atom stereocenters.